The third kappa shape index (κ3) is 4.05. The van der Waals surface area contributed by atoms with Crippen LogP contribution < -0.4 is 5.32 Å². The van der Waals surface area contributed by atoms with E-state index in [0.29, 0.717) is 10.6 Å². The zero-order valence-corrected chi connectivity index (χ0v) is 13.3. The first kappa shape index (κ1) is 16.0. The van der Waals surface area contributed by atoms with Crippen LogP contribution in [0.25, 0.3) is 0 Å². The molecule has 2 rings (SSSR count). The third-order valence-corrected chi connectivity index (χ3v) is 3.93. The van der Waals surface area contributed by atoms with Gasteiger partial charge in [-0.2, -0.15) is 0 Å². The van der Waals surface area contributed by atoms with E-state index in [2.05, 4.69) is 36.5 Å². The highest BCUT2D eigenvalue weighted by atomic mass is 35.5. The number of halogens is 2. The topological polar surface area (TPSA) is 12.0 Å². The van der Waals surface area contributed by atoms with Gasteiger partial charge < -0.3 is 5.32 Å². The van der Waals surface area contributed by atoms with Gasteiger partial charge >= 0.3 is 0 Å². The second kappa shape index (κ2) is 7.58. The van der Waals surface area contributed by atoms with E-state index in [-0.39, 0.29) is 11.9 Å². The van der Waals surface area contributed by atoms with Gasteiger partial charge in [-0.15, -0.1) is 0 Å². The lowest BCUT2D eigenvalue weighted by atomic mass is 9.96. The molecule has 1 nitrogen and oxygen atoms in total. The fraction of sp³-hybridized carbons (Fsp3) is 0.333. The van der Waals surface area contributed by atoms with Crippen molar-refractivity contribution in [2.75, 3.05) is 7.05 Å². The maximum absolute atomic E-state index is 14.1. The van der Waals surface area contributed by atoms with E-state index in [0.717, 1.165) is 12.0 Å². The lowest BCUT2D eigenvalue weighted by Crippen LogP contribution is -2.19. The van der Waals surface area contributed by atoms with E-state index in [1.807, 2.05) is 7.05 Å². The Bertz CT molecular complexity index is 580. The van der Waals surface area contributed by atoms with Crippen molar-refractivity contribution in [3.05, 3.63) is 70.0 Å². The lowest BCUT2D eigenvalue weighted by Gasteiger charge is -2.18. The summed E-state index contributed by atoms with van der Waals surface area (Å²) in [5.74, 6) is -0.281. The third-order valence-electron chi connectivity index (χ3n) is 3.69. The van der Waals surface area contributed by atoms with Crippen molar-refractivity contribution < 1.29 is 4.39 Å². The molecule has 0 spiro atoms. The summed E-state index contributed by atoms with van der Waals surface area (Å²) in [6.07, 6.45) is 3.48. The van der Waals surface area contributed by atoms with Crippen molar-refractivity contribution in [1.29, 1.82) is 0 Å². The van der Waals surface area contributed by atoms with Gasteiger partial charge in [-0.3, -0.25) is 0 Å². The molecular formula is C18H21ClFN. The van der Waals surface area contributed by atoms with E-state index < -0.39 is 0 Å². The highest BCUT2D eigenvalue weighted by Crippen LogP contribution is 2.26. The molecule has 0 aliphatic carbocycles. The first-order valence-corrected chi connectivity index (χ1v) is 7.74. The van der Waals surface area contributed by atoms with Crippen LogP contribution in [0.5, 0.6) is 0 Å². The molecule has 0 aromatic heterocycles. The van der Waals surface area contributed by atoms with Gasteiger partial charge in [0.1, 0.15) is 5.82 Å². The predicted octanol–water partition coefficient (Wildman–Crippen LogP) is 5.13. The highest BCUT2D eigenvalue weighted by Gasteiger charge is 2.16. The molecule has 0 bridgehead atoms. The molecule has 2 aromatic carbocycles. The monoisotopic (exact) mass is 305 g/mol. The van der Waals surface area contributed by atoms with Crippen LogP contribution in [0.4, 0.5) is 4.39 Å². The summed E-state index contributed by atoms with van der Waals surface area (Å²) in [5.41, 5.74) is 2.99. The SMILES string of the molecule is CCCCc1ccc(C(NC)c2ccc(Cl)cc2F)cc1. The Morgan fingerprint density at radius 3 is 2.43 bits per heavy atom. The quantitative estimate of drug-likeness (QED) is 0.780. The zero-order chi connectivity index (χ0) is 15.2. The molecule has 2 aromatic rings. The molecule has 0 aliphatic heterocycles. The Morgan fingerprint density at radius 2 is 1.86 bits per heavy atom. The molecule has 1 N–H and O–H groups in total. The average Bonchev–Trinajstić information content (AvgIpc) is 2.49. The van der Waals surface area contributed by atoms with Gasteiger partial charge in [0.15, 0.2) is 0 Å². The highest BCUT2D eigenvalue weighted by molar-refractivity contribution is 6.30. The molecule has 0 aliphatic rings. The number of benzene rings is 2. The van der Waals surface area contributed by atoms with Crippen molar-refractivity contribution in [2.24, 2.45) is 0 Å². The average molecular weight is 306 g/mol. The first-order valence-electron chi connectivity index (χ1n) is 7.36. The summed E-state index contributed by atoms with van der Waals surface area (Å²) in [6, 6.07) is 13.1. The predicted molar refractivity (Wildman–Crippen MR) is 87.4 cm³/mol. The largest absolute Gasteiger partial charge is 0.309 e. The van der Waals surface area contributed by atoms with Gasteiger partial charge in [-0.1, -0.05) is 55.3 Å². The molecule has 0 amide bonds. The molecule has 0 radical (unpaired) electrons. The van der Waals surface area contributed by atoms with Gasteiger partial charge in [0.25, 0.3) is 0 Å². The normalized spacial score (nSPS) is 12.4. The summed E-state index contributed by atoms with van der Waals surface area (Å²) >= 11 is 5.82. The van der Waals surface area contributed by atoms with Crippen LogP contribution in [0.1, 0.15) is 42.5 Å². The van der Waals surface area contributed by atoms with Crippen LogP contribution in [-0.2, 0) is 6.42 Å². The number of unbranched alkanes of at least 4 members (excludes halogenated alkanes) is 1. The molecule has 0 fully saturated rings. The minimum Gasteiger partial charge on any atom is -0.309 e. The van der Waals surface area contributed by atoms with Crippen molar-refractivity contribution in [2.45, 2.75) is 32.2 Å². The Kier molecular flexibility index (Phi) is 5.77. The minimum absolute atomic E-state index is 0.164. The minimum atomic E-state index is -0.281. The van der Waals surface area contributed by atoms with E-state index in [1.165, 1.54) is 24.5 Å². The standard InChI is InChI=1S/C18H21ClFN/c1-3-4-5-13-6-8-14(9-7-13)18(21-2)16-11-10-15(19)12-17(16)20/h6-12,18,21H,3-5H2,1-2H3. The molecule has 1 unspecified atom stereocenters. The zero-order valence-electron chi connectivity index (χ0n) is 12.5. The fourth-order valence-electron chi connectivity index (χ4n) is 2.49. The van der Waals surface area contributed by atoms with Crippen molar-refractivity contribution >= 4 is 11.6 Å². The maximum atomic E-state index is 14.1. The molecule has 0 saturated carbocycles. The van der Waals surface area contributed by atoms with Crippen molar-refractivity contribution in [3.63, 3.8) is 0 Å². The van der Waals surface area contributed by atoms with Gasteiger partial charge in [0.2, 0.25) is 0 Å². The lowest BCUT2D eigenvalue weighted by molar-refractivity contribution is 0.576. The molecule has 0 saturated heterocycles. The van der Waals surface area contributed by atoms with E-state index in [9.17, 15) is 4.39 Å². The number of aryl methyl sites for hydroxylation is 1. The van der Waals surface area contributed by atoms with Crippen molar-refractivity contribution in [3.8, 4) is 0 Å². The number of hydrogen-bond acceptors (Lipinski definition) is 1. The number of hydrogen-bond donors (Lipinski definition) is 1. The molecule has 3 heteroatoms. The van der Waals surface area contributed by atoms with Crippen LogP contribution in [0.15, 0.2) is 42.5 Å². The molecular weight excluding hydrogens is 285 g/mol. The van der Waals surface area contributed by atoms with Gasteiger partial charge in [0, 0.05) is 10.6 Å². The molecule has 21 heavy (non-hydrogen) atoms. The summed E-state index contributed by atoms with van der Waals surface area (Å²) in [6.45, 7) is 2.19. The maximum Gasteiger partial charge on any atom is 0.129 e. The second-order valence-corrected chi connectivity index (χ2v) is 5.67. The summed E-state index contributed by atoms with van der Waals surface area (Å²) in [4.78, 5) is 0. The molecule has 0 heterocycles. The van der Waals surface area contributed by atoms with Crippen LogP contribution in [0.3, 0.4) is 0 Å². The van der Waals surface area contributed by atoms with Gasteiger partial charge in [-0.05, 0) is 43.1 Å². The van der Waals surface area contributed by atoms with Crippen LogP contribution in [0, 0.1) is 5.82 Å². The Morgan fingerprint density at radius 1 is 1.14 bits per heavy atom. The van der Waals surface area contributed by atoms with Crippen LogP contribution in [-0.4, -0.2) is 7.05 Å². The molecule has 1 atom stereocenters. The summed E-state index contributed by atoms with van der Waals surface area (Å²) < 4.78 is 14.1. The number of rotatable bonds is 6. The van der Waals surface area contributed by atoms with Gasteiger partial charge in [0.05, 0.1) is 6.04 Å². The smallest absolute Gasteiger partial charge is 0.129 e. The van der Waals surface area contributed by atoms with Gasteiger partial charge in [-0.25, -0.2) is 4.39 Å². The fourth-order valence-corrected chi connectivity index (χ4v) is 2.65. The van der Waals surface area contributed by atoms with Crippen molar-refractivity contribution in [1.82, 2.24) is 5.32 Å². The number of nitrogens with one attached hydrogen (secondary N) is 1. The molecule has 112 valence electrons. The van der Waals surface area contributed by atoms with Crippen LogP contribution >= 0.6 is 11.6 Å². The van der Waals surface area contributed by atoms with E-state index in [1.54, 1.807) is 12.1 Å². The Hall–Kier alpha value is -1.38. The summed E-state index contributed by atoms with van der Waals surface area (Å²) in [7, 11) is 1.84. The van der Waals surface area contributed by atoms with E-state index in [4.69, 9.17) is 11.6 Å². The first-order chi connectivity index (χ1) is 10.2. The van der Waals surface area contributed by atoms with E-state index >= 15 is 0 Å². The summed E-state index contributed by atoms with van der Waals surface area (Å²) in [5, 5.41) is 3.59. The second-order valence-electron chi connectivity index (χ2n) is 5.23. The Balaban J connectivity index is 2.24. The Labute approximate surface area is 131 Å². The van der Waals surface area contributed by atoms with Crippen LogP contribution in [0.2, 0.25) is 5.02 Å².